The summed E-state index contributed by atoms with van der Waals surface area (Å²) in [5.41, 5.74) is 3.95. The lowest BCUT2D eigenvalue weighted by Crippen LogP contribution is -2.28. The van der Waals surface area contributed by atoms with Crippen LogP contribution in [0, 0.1) is 5.92 Å². The van der Waals surface area contributed by atoms with Crippen molar-refractivity contribution in [1.82, 2.24) is 0 Å². The molecule has 2 aliphatic rings. The van der Waals surface area contributed by atoms with Gasteiger partial charge in [0.2, 0.25) is 11.8 Å². The van der Waals surface area contributed by atoms with E-state index in [4.69, 9.17) is 4.74 Å². The summed E-state index contributed by atoms with van der Waals surface area (Å²) in [4.78, 5) is 38.9. The average molecular weight is 384 g/mol. The largest absolute Gasteiger partial charge is 0.465 e. The molecule has 1 fully saturated rings. The van der Waals surface area contributed by atoms with E-state index >= 15 is 0 Å². The maximum absolute atomic E-state index is 12.6. The fourth-order valence-corrected chi connectivity index (χ4v) is 4.52. The Bertz CT molecular complexity index is 920. The molecule has 0 bridgehead atoms. The number of nitrogens with zero attached hydrogens (tertiary/aromatic N) is 1. The second-order valence-corrected chi connectivity index (χ2v) is 7.77. The molecule has 1 aliphatic carbocycles. The molecule has 1 aromatic carbocycles. The van der Waals surface area contributed by atoms with Crippen molar-refractivity contribution < 1.29 is 19.1 Å². The molecule has 1 aromatic heterocycles. The molecule has 1 aliphatic heterocycles. The molecule has 1 atom stereocenters. The van der Waals surface area contributed by atoms with E-state index in [1.165, 1.54) is 29.6 Å². The number of rotatable bonds is 4. The number of fused-ring (bicyclic) bond motifs is 1. The molecular weight excluding hydrogens is 364 g/mol. The number of carbonyl (C=O) groups excluding carboxylic acids is 3. The number of hydrogen-bond donors (Lipinski definition) is 1. The highest BCUT2D eigenvalue weighted by Gasteiger charge is 2.36. The van der Waals surface area contributed by atoms with Crippen molar-refractivity contribution in [1.29, 1.82) is 0 Å². The Labute approximate surface area is 161 Å². The van der Waals surface area contributed by atoms with Gasteiger partial charge in [-0.1, -0.05) is 6.07 Å². The number of esters is 1. The Morgan fingerprint density at radius 3 is 2.85 bits per heavy atom. The van der Waals surface area contributed by atoms with Crippen molar-refractivity contribution in [2.75, 3.05) is 23.9 Å². The van der Waals surface area contributed by atoms with Crippen LogP contribution in [-0.2, 0) is 27.2 Å². The lowest BCUT2D eigenvalue weighted by molar-refractivity contribution is -0.122. The van der Waals surface area contributed by atoms with E-state index in [0.29, 0.717) is 17.1 Å². The predicted octanol–water partition coefficient (Wildman–Crippen LogP) is 3.02. The molecule has 1 saturated heterocycles. The Kier molecular flexibility index (Phi) is 4.70. The zero-order valence-electron chi connectivity index (χ0n) is 15.0. The summed E-state index contributed by atoms with van der Waals surface area (Å²) >= 11 is 1.21. The lowest BCUT2D eigenvalue weighted by atomic mass is 10.1. The van der Waals surface area contributed by atoms with Crippen LogP contribution >= 0.6 is 11.3 Å². The summed E-state index contributed by atoms with van der Waals surface area (Å²) < 4.78 is 4.73. The third-order valence-corrected chi connectivity index (χ3v) is 6.08. The maximum atomic E-state index is 12.6. The van der Waals surface area contributed by atoms with Gasteiger partial charge in [0.15, 0.2) is 0 Å². The van der Waals surface area contributed by atoms with Gasteiger partial charge in [-0.05, 0) is 54.0 Å². The topological polar surface area (TPSA) is 75.7 Å². The van der Waals surface area contributed by atoms with Crippen molar-refractivity contribution in [3.63, 3.8) is 0 Å². The van der Waals surface area contributed by atoms with Crippen molar-refractivity contribution in [3.8, 4) is 0 Å². The molecule has 0 saturated carbocycles. The molecule has 7 heteroatoms. The number of hydrogen-bond acceptors (Lipinski definition) is 5. The van der Waals surface area contributed by atoms with Crippen LogP contribution < -0.4 is 10.2 Å². The van der Waals surface area contributed by atoms with E-state index in [1.54, 1.807) is 16.3 Å². The zero-order valence-corrected chi connectivity index (χ0v) is 15.8. The number of anilines is 2. The zero-order chi connectivity index (χ0) is 19.0. The van der Waals surface area contributed by atoms with Crippen LogP contribution in [0.4, 0.5) is 11.4 Å². The van der Waals surface area contributed by atoms with Crippen LogP contribution in [0.5, 0.6) is 0 Å². The lowest BCUT2D eigenvalue weighted by Gasteiger charge is -2.18. The third-order valence-electron chi connectivity index (χ3n) is 5.18. The molecule has 1 unspecified atom stereocenters. The molecule has 0 radical (unpaired) electrons. The SMILES string of the molecule is COC(=O)c1sccc1NC(=O)C1CC(=O)N(c2ccc3c(c2)CCC3)C1. The standard InChI is InChI=1S/C20H20N2O4S/c1-26-20(25)18-16(7-8-27-18)21-19(24)14-10-17(23)22(11-14)15-6-5-12-3-2-4-13(12)9-15/h5-9,14H,2-4,10-11H2,1H3,(H,21,24). The van der Waals surface area contributed by atoms with Gasteiger partial charge in [0, 0.05) is 18.7 Å². The number of amides is 2. The number of aryl methyl sites for hydroxylation is 2. The predicted molar refractivity (Wildman–Crippen MR) is 103 cm³/mol. The highest BCUT2D eigenvalue weighted by atomic mass is 32.1. The van der Waals surface area contributed by atoms with E-state index in [9.17, 15) is 14.4 Å². The first kappa shape index (κ1) is 17.7. The molecule has 2 amide bonds. The van der Waals surface area contributed by atoms with Gasteiger partial charge >= 0.3 is 5.97 Å². The number of thiophene rings is 1. The minimum Gasteiger partial charge on any atom is -0.465 e. The third kappa shape index (κ3) is 3.35. The second kappa shape index (κ2) is 7.15. The molecular formula is C20H20N2O4S. The summed E-state index contributed by atoms with van der Waals surface area (Å²) in [5.74, 6) is -1.24. The average Bonchev–Trinajstić information content (AvgIpc) is 3.39. The van der Waals surface area contributed by atoms with E-state index < -0.39 is 11.9 Å². The van der Waals surface area contributed by atoms with Gasteiger partial charge in [-0.25, -0.2) is 4.79 Å². The molecule has 2 heterocycles. The molecule has 1 N–H and O–H groups in total. The summed E-state index contributed by atoms with van der Waals surface area (Å²) in [6, 6.07) is 7.81. The van der Waals surface area contributed by atoms with E-state index in [-0.39, 0.29) is 18.2 Å². The molecule has 2 aromatic rings. The normalized spacial score (nSPS) is 18.5. The monoisotopic (exact) mass is 384 g/mol. The minimum absolute atomic E-state index is 0.0494. The summed E-state index contributed by atoms with van der Waals surface area (Å²) in [6.45, 7) is 0.348. The quantitative estimate of drug-likeness (QED) is 0.822. The summed E-state index contributed by atoms with van der Waals surface area (Å²) in [7, 11) is 1.30. The number of methoxy groups -OCH3 is 1. The molecule has 140 valence electrons. The van der Waals surface area contributed by atoms with Gasteiger partial charge in [0.25, 0.3) is 0 Å². The fraction of sp³-hybridized carbons (Fsp3) is 0.350. The van der Waals surface area contributed by atoms with E-state index in [0.717, 1.165) is 24.9 Å². The van der Waals surface area contributed by atoms with Crippen LogP contribution in [0.1, 0.15) is 33.6 Å². The highest BCUT2D eigenvalue weighted by Crippen LogP contribution is 2.31. The summed E-state index contributed by atoms with van der Waals surface area (Å²) in [6.07, 6.45) is 3.46. The van der Waals surface area contributed by atoms with Crippen molar-refractivity contribution in [2.24, 2.45) is 5.92 Å². The second-order valence-electron chi connectivity index (χ2n) is 6.86. The van der Waals surface area contributed by atoms with Gasteiger partial charge in [0.05, 0.1) is 18.7 Å². The van der Waals surface area contributed by atoms with Crippen LogP contribution in [-0.4, -0.2) is 31.4 Å². The van der Waals surface area contributed by atoms with Gasteiger partial charge in [-0.15, -0.1) is 11.3 Å². The maximum Gasteiger partial charge on any atom is 0.350 e. The van der Waals surface area contributed by atoms with Crippen LogP contribution in [0.25, 0.3) is 0 Å². The number of ether oxygens (including phenoxy) is 1. The van der Waals surface area contributed by atoms with E-state index in [1.807, 2.05) is 6.07 Å². The van der Waals surface area contributed by atoms with Crippen LogP contribution in [0.3, 0.4) is 0 Å². The Hall–Kier alpha value is -2.67. The molecule has 4 rings (SSSR count). The van der Waals surface area contributed by atoms with Crippen molar-refractivity contribution in [2.45, 2.75) is 25.7 Å². The number of benzene rings is 1. The number of carbonyl (C=O) groups is 3. The van der Waals surface area contributed by atoms with Crippen molar-refractivity contribution >= 4 is 40.5 Å². The van der Waals surface area contributed by atoms with Crippen LogP contribution in [0.15, 0.2) is 29.6 Å². The first-order valence-corrected chi connectivity index (χ1v) is 9.83. The van der Waals surface area contributed by atoms with E-state index in [2.05, 4.69) is 17.4 Å². The Morgan fingerprint density at radius 2 is 2.04 bits per heavy atom. The molecule has 6 nitrogen and oxygen atoms in total. The van der Waals surface area contributed by atoms with Gasteiger partial charge < -0.3 is 15.0 Å². The van der Waals surface area contributed by atoms with Crippen molar-refractivity contribution in [3.05, 3.63) is 45.6 Å². The summed E-state index contributed by atoms with van der Waals surface area (Å²) in [5, 5.41) is 4.49. The molecule has 0 spiro atoms. The first-order valence-electron chi connectivity index (χ1n) is 8.95. The smallest absolute Gasteiger partial charge is 0.350 e. The fourth-order valence-electron chi connectivity index (χ4n) is 3.75. The van der Waals surface area contributed by atoms with Crippen LogP contribution in [0.2, 0.25) is 0 Å². The minimum atomic E-state index is -0.484. The first-order chi connectivity index (χ1) is 13.1. The number of nitrogens with one attached hydrogen (secondary N) is 1. The van der Waals surface area contributed by atoms with Gasteiger partial charge in [-0.2, -0.15) is 0 Å². The van der Waals surface area contributed by atoms with Gasteiger partial charge in [-0.3, -0.25) is 9.59 Å². The Morgan fingerprint density at radius 1 is 1.22 bits per heavy atom. The molecule has 27 heavy (non-hydrogen) atoms. The Balaban J connectivity index is 1.47. The highest BCUT2D eigenvalue weighted by molar-refractivity contribution is 7.12. The van der Waals surface area contributed by atoms with Gasteiger partial charge in [0.1, 0.15) is 4.88 Å².